The van der Waals surface area contributed by atoms with Crippen molar-refractivity contribution in [2.45, 2.75) is 70.2 Å². The lowest BCUT2D eigenvalue weighted by Gasteiger charge is -2.37. The summed E-state index contributed by atoms with van der Waals surface area (Å²) in [5.41, 5.74) is -0.294. The van der Waals surface area contributed by atoms with Crippen molar-refractivity contribution in [3.8, 4) is 0 Å². The van der Waals surface area contributed by atoms with Crippen LogP contribution < -0.4 is 10.4 Å². The molecule has 0 saturated carbocycles. The molecule has 0 atom stereocenters. The van der Waals surface area contributed by atoms with Crippen LogP contribution in [0, 0.1) is 0 Å². The van der Waals surface area contributed by atoms with Crippen LogP contribution in [0.25, 0.3) is 0 Å². The van der Waals surface area contributed by atoms with Crippen LogP contribution in [-0.2, 0) is 23.9 Å². The molecule has 8 nitrogen and oxygen atoms in total. The highest BCUT2D eigenvalue weighted by molar-refractivity contribution is 7.90. The molecule has 0 aliphatic carbocycles. The molecule has 0 N–H and O–H groups in total. The van der Waals surface area contributed by atoms with Gasteiger partial charge in [0, 0.05) is 32.4 Å². The van der Waals surface area contributed by atoms with Crippen molar-refractivity contribution in [1.29, 1.82) is 0 Å². The van der Waals surface area contributed by atoms with Crippen LogP contribution in [0.5, 0.6) is 0 Å². The molecular weight excluding hydrogens is 431 g/mol. The molecule has 0 unspecified atom stereocenters. The minimum Gasteiger partial charge on any atom is -0.444 e. The van der Waals surface area contributed by atoms with E-state index < -0.39 is 33.8 Å². The number of benzene rings is 1. The molecule has 0 bridgehead atoms. The highest BCUT2D eigenvalue weighted by Crippen LogP contribution is 2.37. The maximum atomic E-state index is 12.7. The number of sulfone groups is 1. The number of ether oxygens (including phenoxy) is 1. The van der Waals surface area contributed by atoms with Crippen molar-refractivity contribution in [1.82, 2.24) is 4.90 Å². The van der Waals surface area contributed by atoms with E-state index in [9.17, 15) is 13.2 Å². The van der Waals surface area contributed by atoms with Crippen molar-refractivity contribution >= 4 is 34.2 Å². The van der Waals surface area contributed by atoms with Gasteiger partial charge in [0.15, 0.2) is 9.84 Å². The number of carbonyl (C=O) groups is 1. The van der Waals surface area contributed by atoms with Crippen LogP contribution in [-0.4, -0.2) is 75.8 Å². The average Bonchev–Trinajstić information content (AvgIpc) is 2.87. The van der Waals surface area contributed by atoms with Crippen LogP contribution in [0.3, 0.4) is 0 Å². The number of hydrogen-bond donors (Lipinski definition) is 0. The summed E-state index contributed by atoms with van der Waals surface area (Å²) in [4.78, 5) is 16.2. The first-order chi connectivity index (χ1) is 14.5. The Kier molecular flexibility index (Phi) is 6.38. The van der Waals surface area contributed by atoms with Gasteiger partial charge in [0.2, 0.25) is 0 Å². The van der Waals surface area contributed by atoms with Gasteiger partial charge in [-0.1, -0.05) is 6.07 Å². The number of rotatable bonds is 3. The van der Waals surface area contributed by atoms with Gasteiger partial charge in [0.05, 0.1) is 21.8 Å². The molecule has 32 heavy (non-hydrogen) atoms. The lowest BCUT2D eigenvalue weighted by Crippen LogP contribution is -2.50. The summed E-state index contributed by atoms with van der Waals surface area (Å²) in [6.07, 6.45) is 0.855. The molecule has 178 valence electrons. The predicted molar refractivity (Wildman–Crippen MR) is 125 cm³/mol. The van der Waals surface area contributed by atoms with E-state index in [-0.39, 0.29) is 11.0 Å². The Hall–Kier alpha value is -1.78. The molecule has 1 aromatic rings. The average molecular weight is 466 g/mol. The zero-order valence-electron chi connectivity index (χ0n) is 20.4. The molecule has 2 aliphatic heterocycles. The van der Waals surface area contributed by atoms with E-state index in [1.807, 2.05) is 59.4 Å². The van der Waals surface area contributed by atoms with Gasteiger partial charge in [0.25, 0.3) is 0 Å². The molecule has 2 heterocycles. The Morgan fingerprint density at radius 2 is 1.56 bits per heavy atom. The van der Waals surface area contributed by atoms with E-state index >= 15 is 0 Å². The monoisotopic (exact) mass is 466 g/mol. The smallest absolute Gasteiger partial charge is 0.444 e. The standard InChI is InChI=1S/C22H35BN2O6S/c1-20(2,3)29-19(26)25-13-11-24(12-14-25)17-10-9-16(15-18(17)32(8,27)28)23-30-21(4,5)22(6,7)31-23/h9-10,15H,11-14H2,1-8H3. The number of piperazine rings is 1. The molecule has 2 aliphatic rings. The molecule has 0 radical (unpaired) electrons. The van der Waals surface area contributed by atoms with Crippen LogP contribution in [0.15, 0.2) is 23.1 Å². The Morgan fingerprint density at radius 1 is 1.03 bits per heavy atom. The van der Waals surface area contributed by atoms with Crippen molar-refractivity contribution in [2.75, 3.05) is 37.3 Å². The number of hydrogen-bond acceptors (Lipinski definition) is 7. The van der Waals surface area contributed by atoms with Crippen LogP contribution >= 0.6 is 0 Å². The second kappa shape index (κ2) is 8.22. The number of anilines is 1. The summed E-state index contributed by atoms with van der Waals surface area (Å²) in [6.45, 7) is 15.3. The summed E-state index contributed by atoms with van der Waals surface area (Å²) in [7, 11) is -4.14. The first-order valence-electron chi connectivity index (χ1n) is 10.9. The summed E-state index contributed by atoms with van der Waals surface area (Å²) < 4.78 is 42.9. The molecular formula is C22H35BN2O6S. The normalized spacial score (nSPS) is 21.1. The zero-order valence-corrected chi connectivity index (χ0v) is 21.2. The summed E-state index contributed by atoms with van der Waals surface area (Å²) in [5, 5.41) is 0. The van der Waals surface area contributed by atoms with Crippen LogP contribution in [0.4, 0.5) is 10.5 Å². The van der Waals surface area contributed by atoms with Crippen molar-refractivity contribution in [3.63, 3.8) is 0 Å². The third-order valence-corrected chi connectivity index (χ3v) is 7.31. The molecule has 1 aromatic carbocycles. The van der Waals surface area contributed by atoms with E-state index in [4.69, 9.17) is 14.0 Å². The molecule has 3 rings (SSSR count). The summed E-state index contributed by atoms with van der Waals surface area (Å²) in [5.74, 6) is 0. The maximum absolute atomic E-state index is 12.7. The highest BCUT2D eigenvalue weighted by atomic mass is 32.2. The Balaban J connectivity index is 1.81. The highest BCUT2D eigenvalue weighted by Gasteiger charge is 2.51. The predicted octanol–water partition coefficient (Wildman–Crippen LogP) is 2.45. The van der Waals surface area contributed by atoms with E-state index in [1.54, 1.807) is 17.0 Å². The van der Waals surface area contributed by atoms with E-state index in [2.05, 4.69) is 0 Å². The minimum atomic E-state index is -3.50. The number of carbonyl (C=O) groups excluding carboxylic acids is 1. The number of nitrogens with zero attached hydrogens (tertiary/aromatic N) is 2. The van der Waals surface area contributed by atoms with Crippen LogP contribution in [0.2, 0.25) is 0 Å². The minimum absolute atomic E-state index is 0.232. The Morgan fingerprint density at radius 3 is 2.03 bits per heavy atom. The second-order valence-electron chi connectivity index (χ2n) is 10.5. The quantitative estimate of drug-likeness (QED) is 0.633. The molecule has 2 fully saturated rings. The largest absolute Gasteiger partial charge is 0.494 e. The molecule has 2 saturated heterocycles. The van der Waals surface area contributed by atoms with Crippen LogP contribution in [0.1, 0.15) is 48.5 Å². The third kappa shape index (κ3) is 5.23. The van der Waals surface area contributed by atoms with Crippen molar-refractivity contribution < 1.29 is 27.3 Å². The third-order valence-electron chi connectivity index (χ3n) is 6.18. The lowest BCUT2D eigenvalue weighted by atomic mass is 9.79. The van der Waals surface area contributed by atoms with E-state index in [0.29, 0.717) is 37.3 Å². The van der Waals surface area contributed by atoms with Crippen molar-refractivity contribution in [3.05, 3.63) is 18.2 Å². The Labute approximate surface area is 192 Å². The topological polar surface area (TPSA) is 85.4 Å². The van der Waals surface area contributed by atoms with Gasteiger partial charge >= 0.3 is 13.2 Å². The lowest BCUT2D eigenvalue weighted by molar-refractivity contribution is 0.00578. The fraction of sp³-hybridized carbons (Fsp3) is 0.682. The van der Waals surface area contributed by atoms with Gasteiger partial charge in [-0.25, -0.2) is 13.2 Å². The molecule has 0 aromatic heterocycles. The van der Waals surface area contributed by atoms with Gasteiger partial charge in [-0.2, -0.15) is 0 Å². The second-order valence-corrected chi connectivity index (χ2v) is 12.5. The molecule has 1 amide bonds. The van der Waals surface area contributed by atoms with Gasteiger partial charge in [-0.15, -0.1) is 0 Å². The SMILES string of the molecule is CC(C)(C)OC(=O)N1CCN(c2ccc(B3OC(C)(C)C(C)(C)O3)cc2S(C)(=O)=O)CC1. The van der Waals surface area contributed by atoms with Gasteiger partial charge in [-0.3, -0.25) is 0 Å². The fourth-order valence-corrected chi connectivity index (χ4v) is 4.60. The summed E-state index contributed by atoms with van der Waals surface area (Å²) in [6, 6.07) is 5.30. The van der Waals surface area contributed by atoms with E-state index in [0.717, 1.165) is 0 Å². The summed E-state index contributed by atoms with van der Waals surface area (Å²) >= 11 is 0. The van der Waals surface area contributed by atoms with E-state index in [1.165, 1.54) is 6.26 Å². The molecule has 10 heteroatoms. The van der Waals surface area contributed by atoms with Crippen molar-refractivity contribution in [2.24, 2.45) is 0 Å². The zero-order chi connectivity index (χ0) is 24.1. The maximum Gasteiger partial charge on any atom is 0.494 e. The Bertz CT molecular complexity index is 963. The van der Waals surface area contributed by atoms with Gasteiger partial charge in [0.1, 0.15) is 5.60 Å². The first kappa shape index (κ1) is 24.9. The fourth-order valence-electron chi connectivity index (χ4n) is 3.67. The van der Waals surface area contributed by atoms with Gasteiger partial charge in [-0.05, 0) is 66.1 Å². The molecule has 0 spiro atoms. The van der Waals surface area contributed by atoms with Gasteiger partial charge < -0.3 is 23.8 Å². The first-order valence-corrected chi connectivity index (χ1v) is 12.8. The number of amides is 1.